The molecule has 1 aromatic heterocycles. The summed E-state index contributed by atoms with van der Waals surface area (Å²) < 4.78 is 0. The van der Waals surface area contributed by atoms with Gasteiger partial charge < -0.3 is 10.2 Å². The highest BCUT2D eigenvalue weighted by atomic mass is 15.2. The molecule has 0 amide bonds. The number of aromatic nitrogens is 1. The van der Waals surface area contributed by atoms with Gasteiger partial charge in [0, 0.05) is 37.2 Å². The lowest BCUT2D eigenvalue weighted by Gasteiger charge is -2.27. The van der Waals surface area contributed by atoms with E-state index in [1.165, 1.54) is 30.6 Å². The summed E-state index contributed by atoms with van der Waals surface area (Å²) in [5.74, 6) is 0. The van der Waals surface area contributed by atoms with Crippen molar-refractivity contribution in [1.29, 1.82) is 0 Å². The van der Waals surface area contributed by atoms with E-state index >= 15 is 0 Å². The fourth-order valence-corrected chi connectivity index (χ4v) is 2.40. The number of hydrogen-bond donors (Lipinski definition) is 1. The molecule has 1 N–H and O–H groups in total. The standard InChI is InChI=1S/C13H21N3/c1-3-16(10-12-5-4-7-15-12)13-6-8-14-9-11(13)2/h6,8-9,12,15H,3-5,7,10H2,1-2H3. The summed E-state index contributed by atoms with van der Waals surface area (Å²) in [6, 6.07) is 2.78. The van der Waals surface area contributed by atoms with Crippen molar-refractivity contribution in [2.24, 2.45) is 0 Å². The predicted octanol–water partition coefficient (Wildman–Crippen LogP) is 1.97. The maximum absolute atomic E-state index is 4.15. The van der Waals surface area contributed by atoms with Crippen molar-refractivity contribution in [1.82, 2.24) is 10.3 Å². The topological polar surface area (TPSA) is 28.2 Å². The number of rotatable bonds is 4. The van der Waals surface area contributed by atoms with E-state index in [9.17, 15) is 0 Å². The number of aryl methyl sites for hydroxylation is 1. The van der Waals surface area contributed by atoms with Crippen LogP contribution in [0.25, 0.3) is 0 Å². The second kappa shape index (κ2) is 5.30. The van der Waals surface area contributed by atoms with E-state index in [4.69, 9.17) is 0 Å². The number of pyridine rings is 1. The molecule has 2 rings (SSSR count). The SMILES string of the molecule is CCN(CC1CCCN1)c1ccncc1C. The van der Waals surface area contributed by atoms with Gasteiger partial charge in [0.15, 0.2) is 0 Å². The summed E-state index contributed by atoms with van der Waals surface area (Å²) in [5, 5.41) is 3.55. The summed E-state index contributed by atoms with van der Waals surface area (Å²) in [5.41, 5.74) is 2.59. The molecular weight excluding hydrogens is 198 g/mol. The molecule has 2 heterocycles. The number of likely N-dealkylation sites (N-methyl/N-ethyl adjacent to an activating group) is 1. The lowest BCUT2D eigenvalue weighted by atomic mass is 10.2. The Morgan fingerprint density at radius 1 is 1.56 bits per heavy atom. The highest BCUT2D eigenvalue weighted by Crippen LogP contribution is 2.19. The van der Waals surface area contributed by atoms with Crippen molar-refractivity contribution in [2.45, 2.75) is 32.7 Å². The zero-order chi connectivity index (χ0) is 11.4. The normalized spacial score (nSPS) is 20.0. The molecule has 88 valence electrons. The van der Waals surface area contributed by atoms with Crippen molar-refractivity contribution in [3.63, 3.8) is 0 Å². The van der Waals surface area contributed by atoms with E-state index in [1.54, 1.807) is 0 Å². The predicted molar refractivity (Wildman–Crippen MR) is 67.9 cm³/mol. The van der Waals surface area contributed by atoms with Crippen molar-refractivity contribution < 1.29 is 0 Å². The Kier molecular flexibility index (Phi) is 3.78. The van der Waals surface area contributed by atoms with Gasteiger partial charge in [-0.25, -0.2) is 0 Å². The first-order valence-electron chi connectivity index (χ1n) is 6.20. The van der Waals surface area contributed by atoms with Gasteiger partial charge in [0.1, 0.15) is 0 Å². The van der Waals surface area contributed by atoms with E-state index in [1.807, 2.05) is 12.4 Å². The third-order valence-corrected chi connectivity index (χ3v) is 3.32. The minimum absolute atomic E-state index is 0.660. The van der Waals surface area contributed by atoms with E-state index in [-0.39, 0.29) is 0 Å². The first-order valence-corrected chi connectivity index (χ1v) is 6.20. The lowest BCUT2D eigenvalue weighted by molar-refractivity contribution is 0.586. The third-order valence-electron chi connectivity index (χ3n) is 3.32. The zero-order valence-corrected chi connectivity index (χ0v) is 10.2. The molecule has 0 saturated carbocycles. The molecule has 3 nitrogen and oxygen atoms in total. The van der Waals surface area contributed by atoms with E-state index in [0.717, 1.165) is 13.1 Å². The van der Waals surface area contributed by atoms with E-state index in [2.05, 4.69) is 35.1 Å². The average Bonchev–Trinajstić information content (AvgIpc) is 2.80. The van der Waals surface area contributed by atoms with Gasteiger partial charge in [0.05, 0.1) is 0 Å². The molecule has 1 fully saturated rings. The molecule has 1 saturated heterocycles. The number of hydrogen-bond acceptors (Lipinski definition) is 3. The van der Waals surface area contributed by atoms with Gasteiger partial charge in [-0.3, -0.25) is 4.98 Å². The van der Waals surface area contributed by atoms with Crippen LogP contribution in [0.2, 0.25) is 0 Å². The highest BCUT2D eigenvalue weighted by molar-refractivity contribution is 5.51. The van der Waals surface area contributed by atoms with Crippen LogP contribution in [0.5, 0.6) is 0 Å². The molecule has 1 aromatic rings. The van der Waals surface area contributed by atoms with Gasteiger partial charge >= 0.3 is 0 Å². The van der Waals surface area contributed by atoms with Crippen molar-refractivity contribution in [3.8, 4) is 0 Å². The number of nitrogens with one attached hydrogen (secondary N) is 1. The fraction of sp³-hybridized carbons (Fsp3) is 0.615. The molecule has 0 bridgehead atoms. The maximum Gasteiger partial charge on any atom is 0.0427 e. The average molecular weight is 219 g/mol. The Hall–Kier alpha value is -1.09. The minimum Gasteiger partial charge on any atom is -0.370 e. The quantitative estimate of drug-likeness (QED) is 0.839. The molecule has 0 spiro atoms. The van der Waals surface area contributed by atoms with Gasteiger partial charge in [-0.1, -0.05) is 0 Å². The number of nitrogens with zero attached hydrogens (tertiary/aromatic N) is 2. The molecule has 16 heavy (non-hydrogen) atoms. The van der Waals surface area contributed by atoms with Crippen LogP contribution < -0.4 is 10.2 Å². The first kappa shape index (κ1) is 11.4. The summed E-state index contributed by atoms with van der Waals surface area (Å²) in [6.45, 7) is 7.70. The molecule has 0 radical (unpaired) electrons. The van der Waals surface area contributed by atoms with Crippen LogP contribution in [0.1, 0.15) is 25.3 Å². The fourth-order valence-electron chi connectivity index (χ4n) is 2.40. The van der Waals surface area contributed by atoms with Crippen LogP contribution in [0.3, 0.4) is 0 Å². The third kappa shape index (κ3) is 2.53. The van der Waals surface area contributed by atoms with Gasteiger partial charge in [-0.05, 0) is 44.9 Å². The Morgan fingerprint density at radius 2 is 2.44 bits per heavy atom. The molecule has 1 atom stereocenters. The van der Waals surface area contributed by atoms with Crippen molar-refractivity contribution in [3.05, 3.63) is 24.0 Å². The largest absolute Gasteiger partial charge is 0.370 e. The number of anilines is 1. The van der Waals surface area contributed by atoms with Crippen LogP contribution in [0.15, 0.2) is 18.5 Å². The Balaban J connectivity index is 2.06. The minimum atomic E-state index is 0.660. The Morgan fingerprint density at radius 3 is 3.06 bits per heavy atom. The molecule has 0 aromatic carbocycles. The molecule has 1 aliphatic rings. The van der Waals surface area contributed by atoms with Crippen molar-refractivity contribution >= 4 is 5.69 Å². The van der Waals surface area contributed by atoms with Gasteiger partial charge in [-0.2, -0.15) is 0 Å². The maximum atomic E-state index is 4.15. The van der Waals surface area contributed by atoms with E-state index in [0.29, 0.717) is 6.04 Å². The lowest BCUT2D eigenvalue weighted by Crippen LogP contribution is -2.37. The van der Waals surface area contributed by atoms with Crippen LogP contribution >= 0.6 is 0 Å². The van der Waals surface area contributed by atoms with Gasteiger partial charge in [0.2, 0.25) is 0 Å². The van der Waals surface area contributed by atoms with Crippen LogP contribution in [0.4, 0.5) is 5.69 Å². The summed E-state index contributed by atoms with van der Waals surface area (Å²) in [7, 11) is 0. The molecule has 1 aliphatic heterocycles. The summed E-state index contributed by atoms with van der Waals surface area (Å²) in [6.07, 6.45) is 6.45. The second-order valence-electron chi connectivity index (χ2n) is 4.49. The molecule has 3 heteroatoms. The highest BCUT2D eigenvalue weighted by Gasteiger charge is 2.17. The summed E-state index contributed by atoms with van der Waals surface area (Å²) >= 11 is 0. The van der Waals surface area contributed by atoms with E-state index < -0.39 is 0 Å². The first-order chi connectivity index (χ1) is 7.81. The zero-order valence-electron chi connectivity index (χ0n) is 10.2. The monoisotopic (exact) mass is 219 g/mol. The van der Waals surface area contributed by atoms with Crippen molar-refractivity contribution in [2.75, 3.05) is 24.5 Å². The Labute approximate surface area is 97.9 Å². The van der Waals surface area contributed by atoms with Crippen LogP contribution in [-0.2, 0) is 0 Å². The van der Waals surface area contributed by atoms with Gasteiger partial charge in [0.25, 0.3) is 0 Å². The van der Waals surface area contributed by atoms with Gasteiger partial charge in [-0.15, -0.1) is 0 Å². The Bertz CT molecular complexity index is 332. The van der Waals surface area contributed by atoms with Crippen LogP contribution in [0, 0.1) is 6.92 Å². The molecular formula is C13H21N3. The summed E-state index contributed by atoms with van der Waals surface area (Å²) in [4.78, 5) is 6.60. The smallest absolute Gasteiger partial charge is 0.0427 e. The second-order valence-corrected chi connectivity index (χ2v) is 4.49. The molecule has 1 unspecified atom stereocenters. The molecule has 0 aliphatic carbocycles. The van der Waals surface area contributed by atoms with Crippen LogP contribution in [-0.4, -0.2) is 30.7 Å².